The van der Waals surface area contributed by atoms with Crippen LogP contribution in [0.5, 0.6) is 0 Å². The minimum absolute atomic E-state index is 0.0641. The molecule has 5 nitrogen and oxygen atoms in total. The SMILES string of the molecule is CN(C(=O)c1ccc(-c2n[nH]c(=S)o2)cc1)C1CCC(C)(C)CC1. The fourth-order valence-electron chi connectivity index (χ4n) is 3.25. The van der Waals surface area contributed by atoms with Gasteiger partial charge in [-0.05, 0) is 67.6 Å². The number of aromatic amines is 1. The third kappa shape index (κ3) is 3.59. The van der Waals surface area contributed by atoms with E-state index in [1.165, 1.54) is 0 Å². The van der Waals surface area contributed by atoms with Gasteiger partial charge in [0.2, 0.25) is 5.89 Å². The number of carbonyl (C=O) groups is 1. The Balaban J connectivity index is 1.69. The molecule has 0 unspecified atom stereocenters. The van der Waals surface area contributed by atoms with Crippen LogP contribution in [0.15, 0.2) is 28.7 Å². The third-order valence-electron chi connectivity index (χ3n) is 4.99. The van der Waals surface area contributed by atoms with Crippen LogP contribution < -0.4 is 0 Å². The van der Waals surface area contributed by atoms with Crippen molar-refractivity contribution in [3.8, 4) is 11.5 Å². The van der Waals surface area contributed by atoms with E-state index in [1.807, 2.05) is 36.2 Å². The summed E-state index contributed by atoms with van der Waals surface area (Å²) in [6.07, 6.45) is 4.47. The van der Waals surface area contributed by atoms with Crippen molar-refractivity contribution in [2.75, 3.05) is 7.05 Å². The van der Waals surface area contributed by atoms with Gasteiger partial charge in [0.15, 0.2) is 0 Å². The van der Waals surface area contributed by atoms with Crippen molar-refractivity contribution in [3.63, 3.8) is 0 Å². The van der Waals surface area contributed by atoms with E-state index in [1.54, 1.807) is 0 Å². The van der Waals surface area contributed by atoms with Crippen LogP contribution >= 0.6 is 12.2 Å². The van der Waals surface area contributed by atoms with Crippen LogP contribution in [0.3, 0.4) is 0 Å². The molecule has 1 heterocycles. The van der Waals surface area contributed by atoms with E-state index in [4.69, 9.17) is 16.6 Å². The Bertz CT molecular complexity index is 766. The molecule has 0 bridgehead atoms. The maximum Gasteiger partial charge on any atom is 0.284 e. The van der Waals surface area contributed by atoms with E-state index in [2.05, 4.69) is 24.0 Å². The lowest BCUT2D eigenvalue weighted by Gasteiger charge is -2.38. The Morgan fingerprint density at radius 1 is 1.29 bits per heavy atom. The number of nitrogens with one attached hydrogen (secondary N) is 1. The molecule has 1 fully saturated rings. The molecule has 0 saturated heterocycles. The fourth-order valence-corrected chi connectivity index (χ4v) is 3.37. The van der Waals surface area contributed by atoms with Crippen LogP contribution in [0.4, 0.5) is 0 Å². The predicted octanol–water partition coefficient (Wildman–Crippen LogP) is 4.44. The van der Waals surface area contributed by atoms with E-state index in [9.17, 15) is 4.79 Å². The molecule has 24 heavy (non-hydrogen) atoms. The second-order valence-corrected chi connectivity index (χ2v) is 7.68. The quantitative estimate of drug-likeness (QED) is 0.835. The van der Waals surface area contributed by atoms with Crippen molar-refractivity contribution >= 4 is 18.1 Å². The first-order valence-electron chi connectivity index (χ1n) is 8.29. The average molecular weight is 345 g/mol. The number of hydrogen-bond donors (Lipinski definition) is 1. The monoisotopic (exact) mass is 345 g/mol. The van der Waals surface area contributed by atoms with Crippen LogP contribution in [0.1, 0.15) is 49.9 Å². The minimum atomic E-state index is 0.0641. The molecule has 1 aromatic heterocycles. The molecule has 3 rings (SSSR count). The van der Waals surface area contributed by atoms with E-state index >= 15 is 0 Å². The summed E-state index contributed by atoms with van der Waals surface area (Å²) in [5.41, 5.74) is 1.87. The molecule has 128 valence electrons. The molecule has 0 spiro atoms. The molecule has 1 aliphatic carbocycles. The number of amides is 1. The zero-order chi connectivity index (χ0) is 17.3. The van der Waals surface area contributed by atoms with Crippen LogP contribution in [-0.4, -0.2) is 34.1 Å². The highest BCUT2D eigenvalue weighted by Gasteiger charge is 2.30. The first-order valence-corrected chi connectivity index (χ1v) is 8.70. The maximum absolute atomic E-state index is 12.7. The average Bonchev–Trinajstić information content (AvgIpc) is 3.00. The van der Waals surface area contributed by atoms with Gasteiger partial charge in [0.05, 0.1) is 0 Å². The number of benzene rings is 1. The Kier molecular flexibility index (Phi) is 4.58. The standard InChI is InChI=1S/C18H23N3O2S/c1-18(2)10-8-14(9-11-18)21(3)16(22)13-6-4-12(5-7-13)15-19-20-17(24)23-15/h4-7,14H,8-11H2,1-3H3,(H,20,24). The Hall–Kier alpha value is -1.95. The van der Waals surface area contributed by atoms with Crippen LogP contribution in [0, 0.1) is 10.3 Å². The lowest BCUT2D eigenvalue weighted by molar-refractivity contribution is 0.0635. The lowest BCUT2D eigenvalue weighted by Crippen LogP contribution is -2.40. The van der Waals surface area contributed by atoms with Crippen molar-refractivity contribution in [2.45, 2.75) is 45.6 Å². The molecule has 1 saturated carbocycles. The van der Waals surface area contributed by atoms with Crippen LogP contribution in [0.2, 0.25) is 0 Å². The fraction of sp³-hybridized carbons (Fsp3) is 0.500. The highest BCUT2D eigenvalue weighted by molar-refractivity contribution is 7.71. The summed E-state index contributed by atoms with van der Waals surface area (Å²) < 4.78 is 5.28. The Labute approximate surface area is 147 Å². The molecule has 6 heteroatoms. The molecule has 1 aliphatic rings. The van der Waals surface area contributed by atoms with Gasteiger partial charge in [0.25, 0.3) is 10.7 Å². The predicted molar refractivity (Wildman–Crippen MR) is 95.3 cm³/mol. The summed E-state index contributed by atoms with van der Waals surface area (Å²) in [6, 6.07) is 7.62. The summed E-state index contributed by atoms with van der Waals surface area (Å²) >= 11 is 4.88. The van der Waals surface area contributed by atoms with Gasteiger partial charge in [-0.15, -0.1) is 5.10 Å². The van der Waals surface area contributed by atoms with Crippen LogP contribution in [-0.2, 0) is 0 Å². The zero-order valence-electron chi connectivity index (χ0n) is 14.3. The number of nitrogens with zero attached hydrogens (tertiary/aromatic N) is 2. The smallest absolute Gasteiger partial charge is 0.284 e. The normalized spacial score (nSPS) is 17.6. The third-order valence-corrected chi connectivity index (χ3v) is 5.17. The first kappa shape index (κ1) is 16.9. The molecule has 1 aromatic carbocycles. The van der Waals surface area contributed by atoms with E-state index in [0.717, 1.165) is 31.2 Å². The molecule has 2 aromatic rings. The lowest BCUT2D eigenvalue weighted by atomic mass is 9.75. The number of aromatic nitrogens is 2. The number of hydrogen-bond acceptors (Lipinski definition) is 4. The van der Waals surface area contributed by atoms with Gasteiger partial charge in [0.1, 0.15) is 0 Å². The molecular formula is C18H23N3O2S. The molecule has 0 aliphatic heterocycles. The van der Waals surface area contributed by atoms with Crippen molar-refractivity contribution in [1.29, 1.82) is 0 Å². The van der Waals surface area contributed by atoms with E-state index in [0.29, 0.717) is 22.9 Å². The van der Waals surface area contributed by atoms with Crippen molar-refractivity contribution in [3.05, 3.63) is 34.7 Å². The summed E-state index contributed by atoms with van der Waals surface area (Å²) in [7, 11) is 1.91. The Morgan fingerprint density at radius 3 is 2.46 bits per heavy atom. The largest absolute Gasteiger partial charge is 0.409 e. The summed E-state index contributed by atoms with van der Waals surface area (Å²) in [6.45, 7) is 4.61. The summed E-state index contributed by atoms with van der Waals surface area (Å²) in [5, 5.41) is 6.59. The summed E-state index contributed by atoms with van der Waals surface area (Å²) in [4.78, 5) is 14.9. The van der Waals surface area contributed by atoms with Gasteiger partial charge in [0, 0.05) is 24.2 Å². The summed E-state index contributed by atoms with van der Waals surface area (Å²) in [5.74, 6) is 0.496. The van der Waals surface area contributed by atoms with Gasteiger partial charge >= 0.3 is 0 Å². The zero-order valence-corrected chi connectivity index (χ0v) is 15.2. The highest BCUT2D eigenvalue weighted by Crippen LogP contribution is 2.36. The van der Waals surface area contributed by atoms with Gasteiger partial charge in [-0.3, -0.25) is 4.79 Å². The number of carbonyl (C=O) groups excluding carboxylic acids is 1. The van der Waals surface area contributed by atoms with E-state index < -0.39 is 0 Å². The molecule has 1 amide bonds. The first-order chi connectivity index (χ1) is 11.4. The second kappa shape index (κ2) is 6.51. The highest BCUT2D eigenvalue weighted by atomic mass is 32.1. The van der Waals surface area contributed by atoms with E-state index in [-0.39, 0.29) is 10.7 Å². The van der Waals surface area contributed by atoms with Gasteiger partial charge in [-0.2, -0.15) is 0 Å². The van der Waals surface area contributed by atoms with Crippen LogP contribution in [0.25, 0.3) is 11.5 Å². The van der Waals surface area contributed by atoms with Gasteiger partial charge < -0.3 is 9.32 Å². The Morgan fingerprint density at radius 2 is 1.92 bits per heavy atom. The second-order valence-electron chi connectivity index (χ2n) is 7.31. The van der Waals surface area contributed by atoms with Crippen molar-refractivity contribution < 1.29 is 9.21 Å². The maximum atomic E-state index is 12.7. The minimum Gasteiger partial charge on any atom is -0.409 e. The van der Waals surface area contributed by atoms with Gasteiger partial charge in [-0.25, -0.2) is 5.10 Å². The van der Waals surface area contributed by atoms with Gasteiger partial charge in [-0.1, -0.05) is 13.8 Å². The topological polar surface area (TPSA) is 62.1 Å². The van der Waals surface area contributed by atoms with Crippen molar-refractivity contribution in [1.82, 2.24) is 15.1 Å². The number of H-pyrrole nitrogens is 1. The molecular weight excluding hydrogens is 322 g/mol. The van der Waals surface area contributed by atoms with Crippen molar-refractivity contribution in [2.24, 2.45) is 5.41 Å². The number of rotatable bonds is 3. The molecule has 1 N–H and O–H groups in total. The molecule has 0 radical (unpaired) electrons. The molecule has 0 atom stereocenters.